The third kappa shape index (κ3) is 38.3. The van der Waals surface area contributed by atoms with Gasteiger partial charge in [0.05, 0.1) is 128 Å². The summed E-state index contributed by atoms with van der Waals surface area (Å²) < 4.78 is 69.4. The van der Waals surface area contributed by atoms with Gasteiger partial charge in [-0.1, -0.05) is 30.3 Å². The molecule has 1 radical (unpaired) electrons. The number of methoxy groups -OCH3 is 2. The second-order valence-electron chi connectivity index (χ2n) is 20.7. The van der Waals surface area contributed by atoms with E-state index in [4.69, 9.17) is 53.0 Å². The third-order valence-electron chi connectivity index (χ3n) is 13.5. The minimum atomic E-state index is -3.52. The largest absolute Gasteiger partial charge is 0.477 e. The van der Waals surface area contributed by atoms with Crippen LogP contribution in [0.4, 0.5) is 0 Å². The van der Waals surface area contributed by atoms with E-state index < -0.39 is 34.0 Å². The number of esters is 2. The predicted octanol–water partition coefficient (Wildman–Crippen LogP) is 2.12. The minimum absolute atomic E-state index is 0. The van der Waals surface area contributed by atoms with Crippen molar-refractivity contribution >= 4 is 40.1 Å². The molecule has 0 amide bonds. The van der Waals surface area contributed by atoms with E-state index in [-0.39, 0.29) is 68.5 Å². The number of carboxylic acids is 2. The number of aryl methyl sites for hydroxylation is 1. The number of pyridine rings is 5. The number of rotatable bonds is 15. The first kappa shape index (κ1) is 83.0. The maximum atomic E-state index is 11.7. The number of carbonyl (C=O) groups excluding carboxylic acids is 4. The van der Waals surface area contributed by atoms with Gasteiger partial charge in [-0.2, -0.15) is 18.0 Å². The number of ether oxygens (including phenoxy) is 8. The molecule has 0 aromatic carbocycles. The minimum Gasteiger partial charge on any atom is -0.477 e. The van der Waals surface area contributed by atoms with E-state index in [2.05, 4.69) is 70.1 Å². The second-order valence-corrected chi connectivity index (χ2v) is 22.4. The van der Waals surface area contributed by atoms with Gasteiger partial charge in [0.15, 0.2) is 0 Å². The van der Waals surface area contributed by atoms with Gasteiger partial charge in [-0.25, -0.2) is 39.1 Å². The van der Waals surface area contributed by atoms with Crippen LogP contribution in [0.1, 0.15) is 76.1 Å². The summed E-state index contributed by atoms with van der Waals surface area (Å²) in [6, 6.07) is 26.1. The summed E-state index contributed by atoms with van der Waals surface area (Å²) >= 11 is 0. The van der Waals surface area contributed by atoms with Gasteiger partial charge in [-0.3, -0.25) is 28.8 Å². The van der Waals surface area contributed by atoms with E-state index in [9.17, 15) is 27.6 Å². The van der Waals surface area contributed by atoms with Gasteiger partial charge in [0, 0.05) is 149 Å². The number of hydrogen-bond donors (Lipinski definition) is 4. The van der Waals surface area contributed by atoms with Crippen LogP contribution in [0.25, 0.3) is 0 Å². The maximum absolute atomic E-state index is 11.7. The Morgan fingerprint density at radius 1 is 0.453 bits per heavy atom. The predicted molar refractivity (Wildman–Crippen MR) is 339 cm³/mol. The molecule has 3 aliphatic rings. The summed E-state index contributed by atoms with van der Waals surface area (Å²) in [6.45, 7) is 21.7. The summed E-state index contributed by atoms with van der Waals surface area (Å²) in [4.78, 5) is 91.5. The van der Waals surface area contributed by atoms with Crippen molar-refractivity contribution in [1.82, 2.24) is 55.2 Å². The summed E-state index contributed by atoms with van der Waals surface area (Å²) in [6.07, 6.45) is 1.19. The fraction of sp³-hybridized carbons (Fsp3) is 0.524. The Labute approximate surface area is 585 Å². The van der Waals surface area contributed by atoms with Crippen LogP contribution in [0.3, 0.4) is 0 Å². The van der Waals surface area contributed by atoms with Crippen molar-refractivity contribution in [3.8, 4) is 0 Å². The molecule has 3 fully saturated rings. The molecule has 30 nitrogen and oxygen atoms in total. The Balaban J connectivity index is 0.000000345. The summed E-state index contributed by atoms with van der Waals surface area (Å²) in [5.74, 6) is -3.09. The first-order valence-corrected chi connectivity index (χ1v) is 32.3. The topological polar surface area (TPSA) is 362 Å². The van der Waals surface area contributed by atoms with Crippen molar-refractivity contribution in [3.63, 3.8) is 0 Å². The molecule has 5 aromatic heterocycles. The summed E-state index contributed by atoms with van der Waals surface area (Å²) in [7, 11) is -0.916. The van der Waals surface area contributed by atoms with Crippen LogP contribution < -0.4 is 10.6 Å². The molecule has 8 heterocycles. The summed E-state index contributed by atoms with van der Waals surface area (Å²) in [5.41, 5.74) is 5.16. The normalized spacial score (nSPS) is 16.5. The molecule has 0 aliphatic carbocycles. The number of carboxylic acid groups (broad SMARTS) is 2. The van der Waals surface area contributed by atoms with Gasteiger partial charge in [-0.15, -0.1) is 0 Å². The Morgan fingerprint density at radius 2 is 0.716 bits per heavy atom. The van der Waals surface area contributed by atoms with Crippen LogP contribution in [0, 0.1) is 45.5 Å². The van der Waals surface area contributed by atoms with Gasteiger partial charge in [0.25, 0.3) is 10.1 Å². The zero-order valence-corrected chi connectivity index (χ0v) is 57.2. The van der Waals surface area contributed by atoms with Crippen molar-refractivity contribution in [2.75, 3.05) is 178 Å². The molecule has 0 spiro atoms. The number of aromatic carboxylic acids is 2. The van der Waals surface area contributed by atoms with Gasteiger partial charge in [-0.05, 0) is 67.6 Å². The van der Waals surface area contributed by atoms with E-state index in [1.165, 1.54) is 32.4 Å². The Kier molecular flexibility index (Phi) is 43.8. The third-order valence-corrected chi connectivity index (χ3v) is 14.0. The molecular formula is C63H89N11O19STb. The Hall–Kier alpha value is -6.27. The first-order valence-electron chi connectivity index (χ1n) is 30.5. The molecule has 32 heteroatoms. The monoisotopic (exact) mass is 1490 g/mol. The zero-order chi connectivity index (χ0) is 68.0. The van der Waals surface area contributed by atoms with Crippen molar-refractivity contribution in [2.24, 2.45) is 0 Å². The number of aromatic nitrogens is 5. The van der Waals surface area contributed by atoms with Crippen molar-refractivity contribution < 1.29 is 128 Å². The van der Waals surface area contributed by atoms with Crippen LogP contribution in [0.5, 0.6) is 0 Å². The molecule has 8 rings (SSSR count). The molecule has 4 N–H and O–H groups in total. The van der Waals surface area contributed by atoms with E-state index in [1.54, 1.807) is 30.3 Å². The van der Waals surface area contributed by atoms with E-state index in [0.29, 0.717) is 121 Å². The van der Waals surface area contributed by atoms with E-state index in [0.717, 1.165) is 109 Å². The van der Waals surface area contributed by atoms with Crippen molar-refractivity contribution in [1.29, 1.82) is 0 Å². The second kappa shape index (κ2) is 50.1. The smallest absolute Gasteiger partial charge is 0.373 e. The average molecular weight is 1500 g/mol. The molecule has 0 saturated carbocycles. The standard InChI is InChI=1S/C23H32N4O4.C22H28N4O6.C9H11NO5S.C8H18N2O2.CO2.Tb/c1-19-5-3-6-20(24-19)17-26-9-13-30-15-11-27(12-16-31-14-10-26)18-21-7-4-8-22(25-21)23(28)29-2;27-21(28)19-5-1-3-17(23-19)15-25-7-11-31-13-9-26(10-14-32-12-8-25)16-18-4-2-6-20(24-18)22(29)30;1-14-9(11)8-5-3-4-7(10-8)6-15-16(2,12)13;1-5-11-7-3-10-4-8-12-6-2-9-1;2-1-3;/h3-8H,9-18H2,1-2H3;1-6H,7-16H2,(H,27,28)(H,29,30);3-5H,6H2,1-2H3;9-10H,1-8H2;;. The van der Waals surface area contributed by atoms with Gasteiger partial charge in [0.2, 0.25) is 0 Å². The van der Waals surface area contributed by atoms with Crippen LogP contribution in [-0.4, -0.2) is 271 Å². The molecule has 0 unspecified atom stereocenters. The van der Waals surface area contributed by atoms with Crippen molar-refractivity contribution in [2.45, 2.75) is 39.7 Å². The molecule has 0 bridgehead atoms. The quantitative estimate of drug-likeness (QED) is 0.0861. The molecular weight excluding hydrogens is 1410 g/mol. The number of nitrogens with zero attached hydrogens (tertiary/aromatic N) is 9. The van der Waals surface area contributed by atoms with E-state index >= 15 is 0 Å². The fourth-order valence-corrected chi connectivity index (χ4v) is 9.11. The number of hydrogen-bond acceptors (Lipinski definition) is 28. The number of nitrogens with one attached hydrogen (secondary N) is 2. The van der Waals surface area contributed by atoms with Gasteiger partial charge in [0.1, 0.15) is 29.4 Å². The molecule has 0 atom stereocenters. The van der Waals surface area contributed by atoms with Crippen molar-refractivity contribution in [3.05, 3.63) is 148 Å². The fourth-order valence-electron chi connectivity index (χ4n) is 8.78. The summed E-state index contributed by atoms with van der Waals surface area (Å²) in [5, 5.41) is 24.7. The van der Waals surface area contributed by atoms with E-state index in [1.807, 2.05) is 43.3 Å². The SMILES string of the molecule is C1COCCNCCOCCN1.COC(=O)c1cccc(CN2CCOCCN(Cc3cccc(C)n3)CCOCC2)n1.COC(=O)c1cccc(COS(C)(=O)=O)n1.O=C(O)c1cccc(CN2CCOCCN(Cc3cccc(C(=O)O)n3)CCOCC2)n1.O=C=O.[Tb]. The first-order chi connectivity index (χ1) is 45.5. The van der Waals surface area contributed by atoms with Crippen LogP contribution in [0.2, 0.25) is 0 Å². The van der Waals surface area contributed by atoms with Crippen LogP contribution in [-0.2, 0) is 94.6 Å². The maximum Gasteiger partial charge on any atom is 0.373 e. The zero-order valence-electron chi connectivity index (χ0n) is 54.3. The molecule has 3 saturated heterocycles. The molecule has 3 aliphatic heterocycles. The van der Waals surface area contributed by atoms with Crippen LogP contribution in [0.15, 0.2) is 91.0 Å². The Bertz CT molecular complexity index is 3020. The van der Waals surface area contributed by atoms with Crippen LogP contribution >= 0.6 is 0 Å². The molecule has 95 heavy (non-hydrogen) atoms. The molecule has 5 aromatic rings. The molecule has 525 valence electrons. The average Bonchev–Trinajstić information content (AvgIpc) is 1.56. The number of carbonyl (C=O) groups is 4. The van der Waals surface area contributed by atoms with Gasteiger partial charge >= 0.3 is 30.0 Å². The Morgan fingerprint density at radius 3 is 1.01 bits per heavy atom. The van der Waals surface area contributed by atoms with Gasteiger partial charge < -0.3 is 58.7 Å².